The van der Waals surface area contributed by atoms with Crippen LogP contribution in [0.5, 0.6) is 0 Å². The first-order valence-corrected chi connectivity index (χ1v) is 11.0. The number of guanidine groups is 1. The van der Waals surface area contributed by atoms with Gasteiger partial charge in [0.15, 0.2) is 5.96 Å². The molecule has 3 N–H and O–H groups in total. The maximum atomic E-state index is 12.6. The number of amides is 1. The fourth-order valence-corrected chi connectivity index (χ4v) is 4.37. The lowest BCUT2D eigenvalue weighted by molar-refractivity contribution is -0.0496. The molecule has 0 bridgehead atoms. The number of piperidine rings is 2. The van der Waals surface area contributed by atoms with E-state index in [-0.39, 0.29) is 61.1 Å². The van der Waals surface area contributed by atoms with Crippen LogP contribution in [0.2, 0.25) is 0 Å². The Labute approximate surface area is 191 Å². The largest absolute Gasteiger partial charge is 0.511 e. The van der Waals surface area contributed by atoms with Gasteiger partial charge in [-0.3, -0.25) is 4.99 Å². The molecule has 0 aromatic rings. The monoisotopic (exact) mass is 571 g/mol. The summed E-state index contributed by atoms with van der Waals surface area (Å²) in [4.78, 5) is 17.6. The maximum Gasteiger partial charge on any atom is 0.511 e. The first kappa shape index (κ1) is 27.0. The highest BCUT2D eigenvalue weighted by molar-refractivity contribution is 14.0. The average Bonchev–Trinajstić information content (AvgIpc) is 2.66. The normalized spacial score (nSPS) is 20.5. The van der Waals surface area contributed by atoms with Crippen molar-refractivity contribution in [1.29, 1.82) is 0 Å². The molecule has 30 heavy (non-hydrogen) atoms. The molecule has 2 aliphatic rings. The van der Waals surface area contributed by atoms with Crippen LogP contribution in [0.1, 0.15) is 32.6 Å². The van der Waals surface area contributed by atoms with Crippen LogP contribution in [0.4, 0.5) is 18.0 Å². The van der Waals surface area contributed by atoms with Gasteiger partial charge in [0.1, 0.15) is 0 Å². The summed E-state index contributed by atoms with van der Waals surface area (Å²) in [6.07, 6.45) is 1.66. The molecule has 0 aromatic carbocycles. The van der Waals surface area contributed by atoms with Crippen LogP contribution in [-0.2, 0) is 14.8 Å². The third kappa shape index (κ3) is 7.28. The highest BCUT2D eigenvalue weighted by Crippen LogP contribution is 2.30. The summed E-state index contributed by atoms with van der Waals surface area (Å²) in [5, 5.41) is 3.10. The number of carbonyl (C=O) groups excluding carboxylic acids is 1. The number of nitrogens with zero attached hydrogens (tertiary/aromatic N) is 3. The standard InChI is InChI=1S/C16H28F3N5O4S.HI/c1-2-28-15(25)23-7-5-13(6-8-23)22-14(20)21-11-12-3-9-24(10-4-12)29(26,27)16(17,18)19;/h12-13H,2-11H2,1H3,(H3,20,21,22);1H. The van der Waals surface area contributed by atoms with Gasteiger partial charge in [0.05, 0.1) is 6.61 Å². The van der Waals surface area contributed by atoms with Gasteiger partial charge in [-0.15, -0.1) is 24.0 Å². The molecular formula is C16H29F3IN5O4S. The third-order valence-corrected chi connectivity index (χ3v) is 6.73. The smallest absolute Gasteiger partial charge is 0.450 e. The lowest BCUT2D eigenvalue weighted by Gasteiger charge is -2.32. The van der Waals surface area contributed by atoms with E-state index in [1.807, 2.05) is 0 Å². The van der Waals surface area contributed by atoms with Crippen molar-refractivity contribution >= 4 is 46.1 Å². The second kappa shape index (κ2) is 11.5. The van der Waals surface area contributed by atoms with Gasteiger partial charge in [-0.25, -0.2) is 13.2 Å². The summed E-state index contributed by atoms with van der Waals surface area (Å²) in [5.74, 6) is 0.214. The molecule has 2 aliphatic heterocycles. The molecule has 0 aromatic heterocycles. The third-order valence-electron chi connectivity index (χ3n) is 5.10. The molecule has 0 unspecified atom stereocenters. The molecule has 14 heteroatoms. The van der Waals surface area contributed by atoms with Crippen LogP contribution in [0.3, 0.4) is 0 Å². The fraction of sp³-hybridized carbons (Fsp3) is 0.875. The number of aliphatic imine (C=N–C) groups is 1. The number of ether oxygens (including phenoxy) is 1. The number of carbonyl (C=O) groups is 1. The number of nitrogens with one attached hydrogen (secondary N) is 1. The molecule has 2 fully saturated rings. The second-order valence-electron chi connectivity index (χ2n) is 7.12. The molecule has 2 heterocycles. The molecule has 0 saturated carbocycles. The van der Waals surface area contributed by atoms with Crippen molar-refractivity contribution in [3.8, 4) is 0 Å². The Hall–Kier alpha value is -1.03. The summed E-state index contributed by atoms with van der Waals surface area (Å²) in [7, 11) is -5.26. The zero-order chi connectivity index (χ0) is 21.7. The Morgan fingerprint density at radius 2 is 1.73 bits per heavy atom. The number of nitrogens with two attached hydrogens (primary N) is 1. The molecule has 0 aliphatic carbocycles. The lowest BCUT2D eigenvalue weighted by atomic mass is 9.98. The summed E-state index contributed by atoms with van der Waals surface area (Å²) in [5.41, 5.74) is 0.627. The van der Waals surface area contributed by atoms with Crippen molar-refractivity contribution in [3.05, 3.63) is 0 Å². The first-order chi connectivity index (χ1) is 13.5. The van der Waals surface area contributed by atoms with Crippen molar-refractivity contribution in [2.45, 2.75) is 44.2 Å². The van der Waals surface area contributed by atoms with Crippen LogP contribution < -0.4 is 11.1 Å². The van der Waals surface area contributed by atoms with Crippen molar-refractivity contribution in [3.63, 3.8) is 0 Å². The predicted molar refractivity (Wildman–Crippen MR) is 116 cm³/mol. The molecule has 0 spiro atoms. The molecule has 2 rings (SSSR count). The van der Waals surface area contributed by atoms with Gasteiger partial charge < -0.3 is 20.7 Å². The van der Waals surface area contributed by atoms with E-state index in [4.69, 9.17) is 10.5 Å². The molecular weight excluding hydrogens is 542 g/mol. The Bertz CT molecular complexity index is 691. The van der Waals surface area contributed by atoms with Gasteiger partial charge >= 0.3 is 21.6 Å². The van der Waals surface area contributed by atoms with Crippen LogP contribution in [0.25, 0.3) is 0 Å². The van der Waals surface area contributed by atoms with Gasteiger partial charge in [0.2, 0.25) is 0 Å². The Balaban J connectivity index is 0.00000450. The van der Waals surface area contributed by atoms with Gasteiger partial charge in [-0.1, -0.05) is 0 Å². The quantitative estimate of drug-likeness (QED) is 0.295. The van der Waals surface area contributed by atoms with Gasteiger partial charge in [-0.2, -0.15) is 17.5 Å². The van der Waals surface area contributed by atoms with Gasteiger partial charge in [-0.05, 0) is 38.5 Å². The summed E-state index contributed by atoms with van der Waals surface area (Å²) < 4.78 is 66.1. The fourth-order valence-electron chi connectivity index (χ4n) is 3.38. The number of hydrogen-bond acceptors (Lipinski definition) is 5. The number of sulfonamides is 1. The molecule has 9 nitrogen and oxygen atoms in total. The van der Waals surface area contributed by atoms with Crippen LogP contribution >= 0.6 is 24.0 Å². The van der Waals surface area contributed by atoms with Crippen LogP contribution in [-0.4, -0.2) is 80.6 Å². The number of halogens is 4. The summed E-state index contributed by atoms with van der Waals surface area (Å²) in [6.45, 7) is 3.15. The predicted octanol–water partition coefficient (Wildman–Crippen LogP) is 1.69. The number of alkyl halides is 3. The Morgan fingerprint density at radius 3 is 2.23 bits per heavy atom. The minimum atomic E-state index is -5.27. The summed E-state index contributed by atoms with van der Waals surface area (Å²) >= 11 is 0. The van der Waals surface area contributed by atoms with Crippen LogP contribution in [0.15, 0.2) is 4.99 Å². The van der Waals surface area contributed by atoms with Gasteiger partial charge in [0, 0.05) is 38.8 Å². The molecule has 176 valence electrons. The van der Waals surface area contributed by atoms with E-state index in [2.05, 4.69) is 10.3 Å². The first-order valence-electron chi connectivity index (χ1n) is 9.59. The molecule has 0 radical (unpaired) electrons. The van der Waals surface area contributed by atoms with E-state index >= 15 is 0 Å². The second-order valence-corrected chi connectivity index (χ2v) is 9.05. The van der Waals surface area contributed by atoms with E-state index in [0.29, 0.717) is 56.2 Å². The molecule has 2 saturated heterocycles. The topological polar surface area (TPSA) is 117 Å². The molecule has 1 amide bonds. The van der Waals surface area contributed by atoms with Crippen molar-refractivity contribution in [2.75, 3.05) is 39.3 Å². The minimum Gasteiger partial charge on any atom is -0.450 e. The average molecular weight is 571 g/mol. The van der Waals surface area contributed by atoms with E-state index in [1.165, 1.54) is 0 Å². The zero-order valence-corrected chi connectivity index (χ0v) is 19.9. The maximum absolute atomic E-state index is 12.6. The van der Waals surface area contributed by atoms with Crippen molar-refractivity contribution < 1.29 is 31.1 Å². The van der Waals surface area contributed by atoms with E-state index in [0.717, 1.165) is 0 Å². The van der Waals surface area contributed by atoms with Crippen molar-refractivity contribution in [1.82, 2.24) is 14.5 Å². The SMILES string of the molecule is CCOC(=O)N1CCC(NC(N)=NCC2CCN(S(=O)(=O)C(F)(F)F)CC2)CC1.I. The van der Waals surface area contributed by atoms with Gasteiger partial charge in [0.25, 0.3) is 0 Å². The Kier molecular flexibility index (Phi) is 10.4. The minimum absolute atomic E-state index is 0. The van der Waals surface area contributed by atoms with Crippen LogP contribution in [0, 0.1) is 5.92 Å². The molecule has 0 atom stereocenters. The Morgan fingerprint density at radius 1 is 1.17 bits per heavy atom. The van der Waals surface area contributed by atoms with Crippen molar-refractivity contribution in [2.24, 2.45) is 16.6 Å². The van der Waals surface area contributed by atoms with E-state index in [9.17, 15) is 26.4 Å². The number of rotatable bonds is 5. The highest BCUT2D eigenvalue weighted by Gasteiger charge is 2.50. The number of likely N-dealkylation sites (tertiary alicyclic amines) is 1. The van der Waals surface area contributed by atoms with E-state index in [1.54, 1.807) is 11.8 Å². The number of hydrogen-bond donors (Lipinski definition) is 2. The zero-order valence-electron chi connectivity index (χ0n) is 16.7. The van der Waals surface area contributed by atoms with E-state index < -0.39 is 15.5 Å². The lowest BCUT2D eigenvalue weighted by Crippen LogP contribution is -2.48. The summed E-state index contributed by atoms with van der Waals surface area (Å²) in [6, 6.07) is 0.0724. The highest BCUT2D eigenvalue weighted by atomic mass is 127.